The summed E-state index contributed by atoms with van der Waals surface area (Å²) in [5, 5.41) is 9.17. The minimum absolute atomic E-state index is 0.0390. The summed E-state index contributed by atoms with van der Waals surface area (Å²) in [5.41, 5.74) is 5.65. The van der Waals surface area contributed by atoms with Gasteiger partial charge in [-0.1, -0.05) is 25.1 Å². The minimum Gasteiger partial charge on any atom is -0.493 e. The van der Waals surface area contributed by atoms with Crippen LogP contribution in [-0.4, -0.2) is 16.7 Å². The van der Waals surface area contributed by atoms with Crippen molar-refractivity contribution >= 4 is 0 Å². The van der Waals surface area contributed by atoms with Crippen molar-refractivity contribution < 1.29 is 14.3 Å². The number of benzene rings is 2. The molecular weight excluding hydrogens is 338 g/mol. The maximum Gasteiger partial charge on any atom is 0.226 e. The molecule has 0 saturated heterocycles. The Kier molecular flexibility index (Phi) is 5.26. The predicted octanol–water partition coefficient (Wildman–Crippen LogP) is 4.51. The molecule has 0 amide bonds. The molecule has 27 heavy (non-hydrogen) atoms. The number of aliphatic hydroxyl groups is 1. The van der Waals surface area contributed by atoms with Crippen LogP contribution in [0, 0.1) is 0 Å². The number of ether oxygens (including phenoxy) is 1. The molecule has 3 aromatic rings. The van der Waals surface area contributed by atoms with Crippen LogP contribution in [0.4, 0.5) is 0 Å². The second kappa shape index (κ2) is 7.97. The van der Waals surface area contributed by atoms with Gasteiger partial charge in [0.1, 0.15) is 11.5 Å². The van der Waals surface area contributed by atoms with Crippen LogP contribution in [-0.2, 0) is 32.3 Å². The fraction of sp³-hybridized carbons (Fsp3) is 0.348. The number of oxazole rings is 1. The van der Waals surface area contributed by atoms with Gasteiger partial charge >= 0.3 is 0 Å². The van der Waals surface area contributed by atoms with E-state index in [-0.39, 0.29) is 6.61 Å². The lowest BCUT2D eigenvalue weighted by atomic mass is 10.1. The first kappa shape index (κ1) is 17.8. The third-order valence-corrected chi connectivity index (χ3v) is 5.16. The van der Waals surface area contributed by atoms with Crippen LogP contribution in [0.15, 0.2) is 46.9 Å². The minimum atomic E-state index is 0.0390. The van der Waals surface area contributed by atoms with Crippen LogP contribution in [0.5, 0.6) is 5.75 Å². The molecule has 1 aromatic heterocycles. The van der Waals surface area contributed by atoms with E-state index >= 15 is 0 Å². The Morgan fingerprint density at radius 3 is 2.67 bits per heavy atom. The standard InChI is InChI=1S/C23H25NO3/c1-2-22-21(24-23(27-22)18-8-6-16(15-25)7-9-18)12-13-26-20-11-10-17-4-3-5-19(17)14-20/h6-11,14,25H,2-5,12-13,15H2,1H3. The van der Waals surface area contributed by atoms with Gasteiger partial charge in [-0.15, -0.1) is 0 Å². The molecule has 4 nitrogen and oxygen atoms in total. The molecule has 1 N–H and O–H groups in total. The molecule has 4 rings (SSSR count). The van der Waals surface area contributed by atoms with Gasteiger partial charge < -0.3 is 14.3 Å². The fourth-order valence-electron chi connectivity index (χ4n) is 3.63. The number of nitrogens with zero attached hydrogens (tertiary/aromatic N) is 1. The van der Waals surface area contributed by atoms with Crippen molar-refractivity contribution in [1.82, 2.24) is 4.98 Å². The van der Waals surface area contributed by atoms with Crippen molar-refractivity contribution in [2.75, 3.05) is 6.61 Å². The number of aromatic nitrogens is 1. The summed E-state index contributed by atoms with van der Waals surface area (Å²) < 4.78 is 11.9. The van der Waals surface area contributed by atoms with E-state index in [1.54, 1.807) is 0 Å². The summed E-state index contributed by atoms with van der Waals surface area (Å²) in [4.78, 5) is 4.69. The van der Waals surface area contributed by atoms with Crippen molar-refractivity contribution in [3.63, 3.8) is 0 Å². The summed E-state index contributed by atoms with van der Waals surface area (Å²) in [5.74, 6) is 2.48. The van der Waals surface area contributed by atoms with Crippen molar-refractivity contribution in [1.29, 1.82) is 0 Å². The molecule has 0 atom stereocenters. The van der Waals surface area contributed by atoms with E-state index in [1.165, 1.54) is 24.0 Å². The van der Waals surface area contributed by atoms with Crippen LogP contribution < -0.4 is 4.74 Å². The largest absolute Gasteiger partial charge is 0.493 e. The summed E-state index contributed by atoms with van der Waals surface area (Å²) >= 11 is 0. The number of aryl methyl sites for hydroxylation is 3. The molecule has 4 heteroatoms. The van der Waals surface area contributed by atoms with Crippen molar-refractivity contribution in [3.05, 3.63) is 70.6 Å². The Labute approximate surface area is 159 Å². The highest BCUT2D eigenvalue weighted by atomic mass is 16.5. The van der Waals surface area contributed by atoms with E-state index in [0.29, 0.717) is 12.5 Å². The van der Waals surface area contributed by atoms with Gasteiger partial charge in [0.05, 0.1) is 18.9 Å². The zero-order valence-electron chi connectivity index (χ0n) is 15.7. The highest BCUT2D eigenvalue weighted by molar-refractivity contribution is 5.54. The molecule has 0 fully saturated rings. The second-order valence-electron chi connectivity index (χ2n) is 6.98. The average molecular weight is 363 g/mol. The molecule has 0 bridgehead atoms. The van der Waals surface area contributed by atoms with Crippen molar-refractivity contribution in [2.24, 2.45) is 0 Å². The van der Waals surface area contributed by atoms with E-state index in [1.807, 2.05) is 24.3 Å². The number of fused-ring (bicyclic) bond motifs is 1. The first-order valence-corrected chi connectivity index (χ1v) is 9.70. The topological polar surface area (TPSA) is 55.5 Å². The molecule has 2 aromatic carbocycles. The van der Waals surface area contributed by atoms with Crippen LogP contribution >= 0.6 is 0 Å². The lowest BCUT2D eigenvalue weighted by Gasteiger charge is -2.07. The summed E-state index contributed by atoms with van der Waals surface area (Å²) in [6.45, 7) is 2.70. The summed E-state index contributed by atoms with van der Waals surface area (Å²) in [6.07, 6.45) is 5.12. The van der Waals surface area contributed by atoms with Gasteiger partial charge in [-0.3, -0.25) is 0 Å². The summed E-state index contributed by atoms with van der Waals surface area (Å²) in [7, 11) is 0. The lowest BCUT2D eigenvalue weighted by Crippen LogP contribution is -2.04. The van der Waals surface area contributed by atoms with Crippen molar-refractivity contribution in [2.45, 2.75) is 45.6 Å². The Morgan fingerprint density at radius 2 is 1.89 bits per heavy atom. The highest BCUT2D eigenvalue weighted by Crippen LogP contribution is 2.27. The Balaban J connectivity index is 1.43. The average Bonchev–Trinajstić information content (AvgIpc) is 3.34. The van der Waals surface area contributed by atoms with Crippen LogP contribution in [0.25, 0.3) is 11.5 Å². The van der Waals surface area contributed by atoms with Gasteiger partial charge in [0.2, 0.25) is 5.89 Å². The molecule has 1 heterocycles. The highest BCUT2D eigenvalue weighted by Gasteiger charge is 2.14. The Hall–Kier alpha value is -2.59. The number of aliphatic hydroxyl groups excluding tert-OH is 1. The molecule has 140 valence electrons. The second-order valence-corrected chi connectivity index (χ2v) is 6.98. The van der Waals surface area contributed by atoms with Crippen LogP contribution in [0.3, 0.4) is 0 Å². The monoisotopic (exact) mass is 363 g/mol. The van der Waals surface area contributed by atoms with E-state index in [2.05, 4.69) is 30.1 Å². The molecule has 1 aliphatic carbocycles. The Bertz CT molecular complexity index is 912. The lowest BCUT2D eigenvalue weighted by molar-refractivity contribution is 0.282. The van der Waals surface area contributed by atoms with E-state index < -0.39 is 0 Å². The van der Waals surface area contributed by atoms with Gasteiger partial charge in [-0.05, 0) is 60.2 Å². The normalized spacial score (nSPS) is 13.0. The van der Waals surface area contributed by atoms with Gasteiger partial charge in [0, 0.05) is 18.4 Å². The van der Waals surface area contributed by atoms with Gasteiger partial charge in [-0.2, -0.15) is 0 Å². The van der Waals surface area contributed by atoms with Crippen molar-refractivity contribution in [3.8, 4) is 17.2 Å². The smallest absolute Gasteiger partial charge is 0.226 e. The first-order chi connectivity index (χ1) is 13.3. The molecule has 1 aliphatic rings. The predicted molar refractivity (Wildman–Crippen MR) is 105 cm³/mol. The maximum absolute atomic E-state index is 9.17. The van der Waals surface area contributed by atoms with Gasteiger partial charge in [0.15, 0.2) is 0 Å². The number of rotatable bonds is 7. The first-order valence-electron chi connectivity index (χ1n) is 9.70. The van der Waals surface area contributed by atoms with E-state index in [4.69, 9.17) is 9.15 Å². The zero-order valence-corrected chi connectivity index (χ0v) is 15.7. The molecule has 0 unspecified atom stereocenters. The van der Waals surface area contributed by atoms with E-state index in [9.17, 15) is 5.11 Å². The molecule has 0 saturated carbocycles. The van der Waals surface area contributed by atoms with Gasteiger partial charge in [-0.25, -0.2) is 4.98 Å². The third kappa shape index (κ3) is 3.91. The van der Waals surface area contributed by atoms with E-state index in [0.717, 1.165) is 47.6 Å². The summed E-state index contributed by atoms with van der Waals surface area (Å²) in [6, 6.07) is 14.1. The zero-order chi connectivity index (χ0) is 18.6. The quantitative estimate of drug-likeness (QED) is 0.671. The SMILES string of the molecule is CCc1oc(-c2ccc(CO)cc2)nc1CCOc1ccc2c(c1)CCC2. The number of hydrogen-bond donors (Lipinski definition) is 1. The maximum atomic E-state index is 9.17. The molecule has 0 spiro atoms. The molecule has 0 aliphatic heterocycles. The molecule has 0 radical (unpaired) electrons. The third-order valence-electron chi connectivity index (χ3n) is 5.16. The van der Waals surface area contributed by atoms with Crippen LogP contribution in [0.2, 0.25) is 0 Å². The van der Waals surface area contributed by atoms with Gasteiger partial charge in [0.25, 0.3) is 0 Å². The molecular formula is C23H25NO3. The fourth-order valence-corrected chi connectivity index (χ4v) is 3.63. The van der Waals surface area contributed by atoms with Crippen LogP contribution in [0.1, 0.15) is 41.5 Å². The Morgan fingerprint density at radius 1 is 1.07 bits per heavy atom. The number of hydrogen-bond acceptors (Lipinski definition) is 4.